The summed E-state index contributed by atoms with van der Waals surface area (Å²) in [5.74, 6) is -0.700. The van der Waals surface area contributed by atoms with Crippen molar-refractivity contribution in [1.82, 2.24) is 10.1 Å². The second kappa shape index (κ2) is 7.17. The van der Waals surface area contributed by atoms with Crippen molar-refractivity contribution in [2.75, 3.05) is 0 Å². The van der Waals surface area contributed by atoms with Crippen LogP contribution >= 0.6 is 11.6 Å². The molecule has 0 spiro atoms. The zero-order valence-electron chi connectivity index (χ0n) is 13.0. The Morgan fingerprint density at radius 1 is 1.15 bits per heavy atom. The highest BCUT2D eigenvalue weighted by Gasteiger charge is 2.30. The number of rotatable bonds is 4. The standard InChI is InChI=1S/C17H10ClF3N2O3/c18-13-6-4-10(5-7-13)16(24)25-9-14-22-15(23-26-14)11-2-1-3-12(8-11)17(19,20)21/h1-8H,9H2. The highest BCUT2D eigenvalue weighted by molar-refractivity contribution is 6.30. The van der Waals surface area contributed by atoms with Crippen molar-refractivity contribution in [1.29, 1.82) is 0 Å². The molecule has 0 radical (unpaired) electrons. The zero-order chi connectivity index (χ0) is 18.7. The molecule has 0 amide bonds. The molecule has 0 atom stereocenters. The van der Waals surface area contributed by atoms with Gasteiger partial charge in [-0.05, 0) is 36.4 Å². The molecule has 0 unspecified atom stereocenters. The van der Waals surface area contributed by atoms with Crippen molar-refractivity contribution in [2.45, 2.75) is 12.8 Å². The van der Waals surface area contributed by atoms with E-state index < -0.39 is 17.7 Å². The van der Waals surface area contributed by atoms with Crippen LogP contribution in [0.15, 0.2) is 53.1 Å². The van der Waals surface area contributed by atoms with E-state index in [1.165, 1.54) is 36.4 Å². The van der Waals surface area contributed by atoms with Crippen molar-refractivity contribution >= 4 is 17.6 Å². The van der Waals surface area contributed by atoms with Crippen LogP contribution in [-0.2, 0) is 17.5 Å². The van der Waals surface area contributed by atoms with Crippen LogP contribution in [0, 0.1) is 0 Å². The normalized spacial score (nSPS) is 11.4. The molecule has 1 heterocycles. The molecule has 2 aromatic carbocycles. The summed E-state index contributed by atoms with van der Waals surface area (Å²) in [7, 11) is 0. The lowest BCUT2D eigenvalue weighted by Gasteiger charge is -2.06. The van der Waals surface area contributed by atoms with Crippen molar-refractivity contribution in [3.05, 3.63) is 70.6 Å². The van der Waals surface area contributed by atoms with Crippen molar-refractivity contribution in [3.8, 4) is 11.4 Å². The Hall–Kier alpha value is -2.87. The first-order valence-corrected chi connectivity index (χ1v) is 7.63. The minimum absolute atomic E-state index is 0.0337. The van der Waals surface area contributed by atoms with E-state index in [9.17, 15) is 18.0 Å². The summed E-state index contributed by atoms with van der Waals surface area (Å²) in [6.45, 7) is -0.312. The molecule has 0 bridgehead atoms. The third-order valence-corrected chi connectivity index (χ3v) is 3.57. The molecule has 0 aliphatic heterocycles. The SMILES string of the molecule is O=C(OCc1nc(-c2cccc(C(F)(F)F)c2)no1)c1ccc(Cl)cc1. The van der Waals surface area contributed by atoms with Gasteiger partial charge in [-0.25, -0.2) is 4.79 Å². The fourth-order valence-corrected chi connectivity index (χ4v) is 2.19. The predicted octanol–water partition coefficient (Wildman–Crippen LogP) is 4.77. The molecule has 0 fully saturated rings. The third-order valence-electron chi connectivity index (χ3n) is 3.32. The third kappa shape index (κ3) is 4.20. The van der Waals surface area contributed by atoms with Crippen LogP contribution in [-0.4, -0.2) is 16.1 Å². The summed E-state index contributed by atoms with van der Waals surface area (Å²) in [5.41, 5.74) is -0.401. The number of ether oxygens (including phenoxy) is 1. The first-order chi connectivity index (χ1) is 12.3. The quantitative estimate of drug-likeness (QED) is 0.608. The lowest BCUT2D eigenvalue weighted by molar-refractivity contribution is -0.137. The first kappa shape index (κ1) is 17.9. The number of benzene rings is 2. The van der Waals surface area contributed by atoms with Crippen LogP contribution in [0.25, 0.3) is 11.4 Å². The Labute approximate surface area is 150 Å². The van der Waals surface area contributed by atoms with Gasteiger partial charge in [-0.2, -0.15) is 18.2 Å². The number of carbonyl (C=O) groups excluding carboxylic acids is 1. The molecule has 0 N–H and O–H groups in total. The number of carbonyl (C=O) groups is 1. The van der Waals surface area contributed by atoms with E-state index in [1.807, 2.05) is 0 Å². The largest absolute Gasteiger partial charge is 0.452 e. The van der Waals surface area contributed by atoms with Gasteiger partial charge in [0.15, 0.2) is 6.61 Å². The van der Waals surface area contributed by atoms with Crippen LogP contribution in [0.5, 0.6) is 0 Å². The van der Waals surface area contributed by atoms with Crippen molar-refractivity contribution in [2.24, 2.45) is 0 Å². The topological polar surface area (TPSA) is 65.2 Å². The van der Waals surface area contributed by atoms with Gasteiger partial charge in [0.2, 0.25) is 5.82 Å². The molecule has 9 heteroatoms. The van der Waals surface area contributed by atoms with Gasteiger partial charge in [-0.15, -0.1) is 0 Å². The van der Waals surface area contributed by atoms with E-state index in [4.69, 9.17) is 20.9 Å². The number of esters is 1. The van der Waals surface area contributed by atoms with Gasteiger partial charge >= 0.3 is 12.1 Å². The van der Waals surface area contributed by atoms with Crippen LogP contribution in [0.2, 0.25) is 5.02 Å². The molecule has 1 aromatic heterocycles. The zero-order valence-corrected chi connectivity index (χ0v) is 13.7. The summed E-state index contributed by atoms with van der Waals surface area (Å²) in [6.07, 6.45) is -4.48. The van der Waals surface area contributed by atoms with E-state index in [0.29, 0.717) is 5.02 Å². The average Bonchev–Trinajstić information content (AvgIpc) is 3.09. The molecule has 0 aliphatic carbocycles. The highest BCUT2D eigenvalue weighted by atomic mass is 35.5. The van der Waals surface area contributed by atoms with Crippen molar-refractivity contribution in [3.63, 3.8) is 0 Å². The Balaban J connectivity index is 1.68. The number of hydrogen-bond donors (Lipinski definition) is 0. The Kier molecular flexibility index (Phi) is 4.94. The molecular formula is C17H10ClF3N2O3. The monoisotopic (exact) mass is 382 g/mol. The van der Waals surface area contributed by atoms with E-state index in [2.05, 4.69) is 10.1 Å². The molecule has 5 nitrogen and oxygen atoms in total. The van der Waals surface area contributed by atoms with Gasteiger partial charge in [0.1, 0.15) is 0 Å². The lowest BCUT2D eigenvalue weighted by atomic mass is 10.1. The highest BCUT2D eigenvalue weighted by Crippen LogP contribution is 2.31. The average molecular weight is 383 g/mol. The molecule has 0 aliphatic rings. The fourth-order valence-electron chi connectivity index (χ4n) is 2.06. The van der Waals surface area contributed by atoms with Gasteiger partial charge in [-0.3, -0.25) is 0 Å². The van der Waals surface area contributed by atoms with Crippen molar-refractivity contribution < 1.29 is 27.2 Å². The van der Waals surface area contributed by atoms with E-state index in [-0.39, 0.29) is 29.4 Å². The summed E-state index contributed by atoms with van der Waals surface area (Å²) in [5, 5.41) is 4.09. The summed E-state index contributed by atoms with van der Waals surface area (Å²) < 4.78 is 48.2. The summed E-state index contributed by atoms with van der Waals surface area (Å²) in [4.78, 5) is 15.8. The smallest absolute Gasteiger partial charge is 0.416 e. The van der Waals surface area contributed by atoms with Gasteiger partial charge in [0.05, 0.1) is 11.1 Å². The second-order valence-corrected chi connectivity index (χ2v) is 5.61. The van der Waals surface area contributed by atoms with Crippen LogP contribution in [0.3, 0.4) is 0 Å². The van der Waals surface area contributed by atoms with Gasteiger partial charge < -0.3 is 9.26 Å². The Morgan fingerprint density at radius 3 is 2.58 bits per heavy atom. The maximum Gasteiger partial charge on any atom is 0.416 e. The maximum absolute atomic E-state index is 12.8. The summed E-state index contributed by atoms with van der Waals surface area (Å²) in [6, 6.07) is 10.6. The van der Waals surface area contributed by atoms with Gasteiger partial charge in [0, 0.05) is 10.6 Å². The molecule has 0 saturated carbocycles. The molecular weight excluding hydrogens is 373 g/mol. The van der Waals surface area contributed by atoms with Gasteiger partial charge in [-0.1, -0.05) is 28.9 Å². The lowest BCUT2D eigenvalue weighted by Crippen LogP contribution is -2.05. The molecule has 134 valence electrons. The molecule has 3 rings (SSSR count). The number of aromatic nitrogens is 2. The minimum Gasteiger partial charge on any atom is -0.452 e. The number of hydrogen-bond acceptors (Lipinski definition) is 5. The predicted molar refractivity (Wildman–Crippen MR) is 85.3 cm³/mol. The molecule has 26 heavy (non-hydrogen) atoms. The molecule has 3 aromatic rings. The fraction of sp³-hybridized carbons (Fsp3) is 0.118. The van der Waals surface area contributed by atoms with E-state index in [1.54, 1.807) is 0 Å². The number of nitrogens with zero attached hydrogens (tertiary/aromatic N) is 2. The van der Waals surface area contributed by atoms with E-state index in [0.717, 1.165) is 12.1 Å². The second-order valence-electron chi connectivity index (χ2n) is 5.17. The molecule has 0 saturated heterocycles. The summed E-state index contributed by atoms with van der Waals surface area (Å²) >= 11 is 5.73. The first-order valence-electron chi connectivity index (χ1n) is 7.26. The Bertz CT molecular complexity index is 924. The Morgan fingerprint density at radius 2 is 1.88 bits per heavy atom. The maximum atomic E-state index is 12.8. The minimum atomic E-state index is -4.48. The van der Waals surface area contributed by atoms with E-state index >= 15 is 0 Å². The van der Waals surface area contributed by atoms with Crippen LogP contribution in [0.4, 0.5) is 13.2 Å². The number of halogens is 4. The van der Waals surface area contributed by atoms with Gasteiger partial charge in [0.25, 0.3) is 5.89 Å². The van der Waals surface area contributed by atoms with Crippen LogP contribution in [0.1, 0.15) is 21.8 Å². The number of alkyl halides is 3. The van der Waals surface area contributed by atoms with Crippen LogP contribution < -0.4 is 0 Å².